The molecule has 1 amide bonds. The highest BCUT2D eigenvalue weighted by Crippen LogP contribution is 2.23. The molecule has 1 heterocycles. The van der Waals surface area contributed by atoms with E-state index < -0.39 is 0 Å². The number of nitrogens with zero attached hydrogens (tertiary/aromatic N) is 1. The topological polar surface area (TPSA) is 32.3 Å². The second-order valence-corrected chi connectivity index (χ2v) is 7.81. The maximum Gasteiger partial charge on any atom is 0.228 e. The van der Waals surface area contributed by atoms with Crippen LogP contribution in [0.5, 0.6) is 0 Å². The number of halogens is 2. The summed E-state index contributed by atoms with van der Waals surface area (Å²) in [6.45, 7) is 2.59. The number of carbonyl (C=O) groups is 1. The molecule has 0 radical (unpaired) electrons. The van der Waals surface area contributed by atoms with Crippen molar-refractivity contribution in [2.45, 2.75) is 19.4 Å². The lowest BCUT2D eigenvalue weighted by atomic mass is 9.96. The molecule has 1 atom stereocenters. The van der Waals surface area contributed by atoms with Gasteiger partial charge in [-0.1, -0.05) is 29.8 Å². The number of carbonyl (C=O) groups excluding carboxylic acids is 1. The molecule has 1 N–H and O–H groups in total. The second-order valence-electron chi connectivity index (χ2n) is 6.16. The van der Waals surface area contributed by atoms with Crippen LogP contribution in [0.1, 0.15) is 18.4 Å². The van der Waals surface area contributed by atoms with Crippen molar-refractivity contribution in [3.05, 3.63) is 62.7 Å². The van der Waals surface area contributed by atoms with Crippen LogP contribution < -0.4 is 5.32 Å². The molecule has 0 saturated carbocycles. The quantitative estimate of drug-likeness (QED) is 0.674. The average Bonchev–Trinajstić information content (AvgIpc) is 2.59. The molecule has 0 bridgehead atoms. The van der Waals surface area contributed by atoms with Gasteiger partial charge >= 0.3 is 0 Å². The molecule has 3 nitrogen and oxygen atoms in total. The Labute approximate surface area is 161 Å². The van der Waals surface area contributed by atoms with Gasteiger partial charge in [-0.3, -0.25) is 9.69 Å². The Morgan fingerprint density at radius 3 is 2.71 bits per heavy atom. The third-order valence-electron chi connectivity index (χ3n) is 4.34. The van der Waals surface area contributed by atoms with Crippen LogP contribution in [0.15, 0.2) is 48.5 Å². The molecule has 1 fully saturated rings. The summed E-state index contributed by atoms with van der Waals surface area (Å²) in [6.07, 6.45) is 1.98. The molecule has 0 aromatic heterocycles. The summed E-state index contributed by atoms with van der Waals surface area (Å²) >= 11 is 8.51. The molecule has 2 aromatic carbocycles. The van der Waals surface area contributed by atoms with Crippen LogP contribution in [-0.2, 0) is 11.3 Å². The molecular formula is C19H20ClIN2O. The van der Waals surface area contributed by atoms with Crippen LogP contribution >= 0.6 is 34.2 Å². The Morgan fingerprint density at radius 2 is 1.96 bits per heavy atom. The van der Waals surface area contributed by atoms with E-state index in [0.29, 0.717) is 0 Å². The molecule has 2 aromatic rings. The summed E-state index contributed by atoms with van der Waals surface area (Å²) < 4.78 is 1.16. The van der Waals surface area contributed by atoms with Crippen molar-refractivity contribution in [3.8, 4) is 0 Å². The number of hydrogen-bond donors (Lipinski definition) is 1. The van der Waals surface area contributed by atoms with Crippen molar-refractivity contribution in [3.63, 3.8) is 0 Å². The van der Waals surface area contributed by atoms with Gasteiger partial charge in [-0.05, 0) is 77.9 Å². The van der Waals surface area contributed by atoms with Gasteiger partial charge in [-0.15, -0.1) is 0 Å². The Kier molecular flexibility index (Phi) is 6.14. The van der Waals surface area contributed by atoms with Gasteiger partial charge in [0.25, 0.3) is 0 Å². The molecule has 1 aliphatic heterocycles. The Balaban J connectivity index is 1.59. The third-order valence-corrected chi connectivity index (χ3v) is 5.43. The minimum atomic E-state index is 0.0283. The van der Waals surface area contributed by atoms with Crippen molar-refractivity contribution >= 4 is 45.8 Å². The molecule has 0 aliphatic carbocycles. The van der Waals surface area contributed by atoms with Gasteiger partial charge in [0, 0.05) is 27.4 Å². The van der Waals surface area contributed by atoms with Crippen LogP contribution in [0.4, 0.5) is 5.69 Å². The van der Waals surface area contributed by atoms with Crippen molar-refractivity contribution in [1.82, 2.24) is 4.90 Å². The highest BCUT2D eigenvalue weighted by molar-refractivity contribution is 14.1. The van der Waals surface area contributed by atoms with Crippen molar-refractivity contribution in [2.75, 3.05) is 18.4 Å². The molecule has 3 rings (SSSR count). The number of hydrogen-bond acceptors (Lipinski definition) is 2. The van der Waals surface area contributed by atoms with E-state index in [1.165, 1.54) is 0 Å². The van der Waals surface area contributed by atoms with Crippen molar-refractivity contribution in [1.29, 1.82) is 0 Å². The standard InChI is InChI=1S/C19H20ClIN2O/c20-18-6-2-1-4-14(18)12-23-11-3-5-15(13-23)19(24)22-17-9-7-16(21)8-10-17/h1-2,4,6-10,15H,3,5,11-13H2,(H,22,24). The van der Waals surface area contributed by atoms with E-state index in [1.807, 2.05) is 42.5 Å². The lowest BCUT2D eigenvalue weighted by Crippen LogP contribution is -2.40. The van der Waals surface area contributed by atoms with E-state index in [-0.39, 0.29) is 11.8 Å². The summed E-state index contributed by atoms with van der Waals surface area (Å²) in [5.74, 6) is 0.139. The zero-order valence-corrected chi connectivity index (χ0v) is 16.3. The minimum Gasteiger partial charge on any atom is -0.326 e. The van der Waals surface area contributed by atoms with Gasteiger partial charge in [-0.25, -0.2) is 0 Å². The average molecular weight is 455 g/mol. The van der Waals surface area contributed by atoms with Crippen LogP contribution in [0.2, 0.25) is 5.02 Å². The third kappa shape index (κ3) is 4.71. The largest absolute Gasteiger partial charge is 0.326 e. The molecule has 1 saturated heterocycles. The number of likely N-dealkylation sites (tertiary alicyclic amines) is 1. The number of benzene rings is 2. The molecule has 126 valence electrons. The molecular weight excluding hydrogens is 435 g/mol. The fourth-order valence-corrected chi connectivity index (χ4v) is 3.61. The van der Waals surface area contributed by atoms with E-state index in [2.05, 4.69) is 38.9 Å². The first-order chi connectivity index (χ1) is 11.6. The van der Waals surface area contributed by atoms with Crippen LogP contribution in [0.3, 0.4) is 0 Å². The predicted molar refractivity (Wildman–Crippen MR) is 107 cm³/mol. The summed E-state index contributed by atoms with van der Waals surface area (Å²) in [5, 5.41) is 3.83. The highest BCUT2D eigenvalue weighted by atomic mass is 127. The highest BCUT2D eigenvalue weighted by Gasteiger charge is 2.26. The molecule has 1 unspecified atom stereocenters. The number of anilines is 1. The number of rotatable bonds is 4. The Bertz CT molecular complexity index is 705. The normalized spacial score (nSPS) is 18.3. The van der Waals surface area contributed by atoms with Gasteiger partial charge in [0.15, 0.2) is 0 Å². The number of amides is 1. The molecule has 0 spiro atoms. The molecule has 5 heteroatoms. The zero-order chi connectivity index (χ0) is 16.9. The first-order valence-electron chi connectivity index (χ1n) is 8.14. The van der Waals surface area contributed by atoms with E-state index >= 15 is 0 Å². The zero-order valence-electron chi connectivity index (χ0n) is 13.3. The van der Waals surface area contributed by atoms with Gasteiger partial charge in [0.2, 0.25) is 5.91 Å². The summed E-state index contributed by atoms with van der Waals surface area (Å²) in [5.41, 5.74) is 1.99. The lowest BCUT2D eigenvalue weighted by Gasteiger charge is -2.32. The monoisotopic (exact) mass is 454 g/mol. The maximum absolute atomic E-state index is 12.6. The summed E-state index contributed by atoms with van der Waals surface area (Å²) in [6, 6.07) is 15.8. The lowest BCUT2D eigenvalue weighted by molar-refractivity contribution is -0.121. The van der Waals surface area contributed by atoms with Crippen molar-refractivity contribution < 1.29 is 4.79 Å². The van der Waals surface area contributed by atoms with Gasteiger partial charge in [-0.2, -0.15) is 0 Å². The smallest absolute Gasteiger partial charge is 0.228 e. The van der Waals surface area contributed by atoms with Crippen LogP contribution in [-0.4, -0.2) is 23.9 Å². The SMILES string of the molecule is O=C(Nc1ccc(I)cc1)C1CCCN(Cc2ccccc2Cl)C1. The van der Waals surface area contributed by atoms with Gasteiger partial charge in [0.05, 0.1) is 5.92 Å². The Hall–Kier alpha value is -1.11. The van der Waals surface area contributed by atoms with E-state index in [4.69, 9.17) is 11.6 Å². The fourth-order valence-electron chi connectivity index (χ4n) is 3.06. The summed E-state index contributed by atoms with van der Waals surface area (Å²) in [4.78, 5) is 14.9. The maximum atomic E-state index is 12.6. The second kappa shape index (κ2) is 8.32. The van der Waals surface area contributed by atoms with Gasteiger partial charge in [0.1, 0.15) is 0 Å². The Morgan fingerprint density at radius 1 is 1.21 bits per heavy atom. The van der Waals surface area contributed by atoms with Gasteiger partial charge < -0.3 is 5.32 Å². The number of piperidine rings is 1. The predicted octanol–water partition coefficient (Wildman–Crippen LogP) is 4.80. The van der Waals surface area contributed by atoms with Crippen molar-refractivity contribution in [2.24, 2.45) is 5.92 Å². The first kappa shape index (κ1) is 17.7. The summed E-state index contributed by atoms with van der Waals surface area (Å²) in [7, 11) is 0. The van der Waals surface area contributed by atoms with Crippen LogP contribution in [0, 0.1) is 9.49 Å². The van der Waals surface area contributed by atoms with Crippen LogP contribution in [0.25, 0.3) is 0 Å². The minimum absolute atomic E-state index is 0.0283. The number of nitrogens with one attached hydrogen (secondary N) is 1. The first-order valence-corrected chi connectivity index (χ1v) is 9.59. The van der Waals surface area contributed by atoms with E-state index in [1.54, 1.807) is 0 Å². The van der Waals surface area contributed by atoms with E-state index in [9.17, 15) is 4.79 Å². The van der Waals surface area contributed by atoms with E-state index in [0.717, 1.165) is 52.3 Å². The molecule has 24 heavy (non-hydrogen) atoms. The fraction of sp³-hybridized carbons (Fsp3) is 0.316. The molecule has 1 aliphatic rings.